The molecule has 2 rings (SSSR count). The molecule has 0 fully saturated rings. The van der Waals surface area contributed by atoms with Gasteiger partial charge in [-0.15, -0.1) is 0 Å². The monoisotopic (exact) mass is 200 g/mol. The Bertz CT molecular complexity index is 376. The third-order valence-electron chi connectivity index (χ3n) is 3.09. The molecular formula is C14H16O. The zero-order valence-corrected chi connectivity index (χ0v) is 9.07. The van der Waals surface area contributed by atoms with E-state index >= 15 is 0 Å². The first-order valence-corrected chi connectivity index (χ1v) is 5.60. The maximum atomic E-state index is 11.9. The van der Waals surface area contributed by atoms with Gasteiger partial charge in [0.1, 0.15) is 0 Å². The molecule has 0 amide bonds. The van der Waals surface area contributed by atoms with Gasteiger partial charge in [0.25, 0.3) is 0 Å². The van der Waals surface area contributed by atoms with Gasteiger partial charge in [0.2, 0.25) is 0 Å². The Balaban J connectivity index is 2.24. The molecule has 0 radical (unpaired) electrons. The third kappa shape index (κ3) is 2.17. The Morgan fingerprint density at radius 2 is 2.00 bits per heavy atom. The molecule has 0 saturated heterocycles. The SMILES string of the molecule is CC[C@@H]1CC=C(c2ccccc2)C(=O)C1. The quantitative estimate of drug-likeness (QED) is 0.714. The molecule has 1 atom stereocenters. The molecule has 0 spiro atoms. The van der Waals surface area contributed by atoms with E-state index in [2.05, 4.69) is 13.0 Å². The molecule has 0 unspecified atom stereocenters. The Kier molecular flexibility index (Phi) is 3.00. The summed E-state index contributed by atoms with van der Waals surface area (Å²) in [6, 6.07) is 9.96. The van der Waals surface area contributed by atoms with Crippen molar-refractivity contribution < 1.29 is 4.79 Å². The van der Waals surface area contributed by atoms with Crippen LogP contribution in [0, 0.1) is 5.92 Å². The van der Waals surface area contributed by atoms with E-state index in [0.717, 1.165) is 30.4 Å². The minimum atomic E-state index is 0.305. The number of hydrogen-bond donors (Lipinski definition) is 0. The van der Waals surface area contributed by atoms with Crippen molar-refractivity contribution >= 4 is 11.4 Å². The number of carbonyl (C=O) groups excluding carboxylic acids is 1. The maximum absolute atomic E-state index is 11.9. The molecule has 1 aromatic carbocycles. The summed E-state index contributed by atoms with van der Waals surface area (Å²) in [5.41, 5.74) is 1.98. The lowest BCUT2D eigenvalue weighted by atomic mass is 9.84. The summed E-state index contributed by atoms with van der Waals surface area (Å²) in [5.74, 6) is 0.865. The van der Waals surface area contributed by atoms with Crippen LogP contribution in [0.4, 0.5) is 0 Å². The van der Waals surface area contributed by atoms with Crippen LogP contribution in [0.1, 0.15) is 31.7 Å². The van der Waals surface area contributed by atoms with Crippen molar-refractivity contribution in [3.05, 3.63) is 42.0 Å². The fourth-order valence-electron chi connectivity index (χ4n) is 2.06. The molecule has 1 aliphatic rings. The van der Waals surface area contributed by atoms with Crippen molar-refractivity contribution in [1.29, 1.82) is 0 Å². The van der Waals surface area contributed by atoms with Crippen molar-refractivity contribution in [3.8, 4) is 0 Å². The minimum absolute atomic E-state index is 0.305. The van der Waals surface area contributed by atoms with Crippen LogP contribution in [-0.2, 0) is 4.79 Å². The van der Waals surface area contributed by atoms with Crippen LogP contribution in [0.3, 0.4) is 0 Å². The van der Waals surface area contributed by atoms with E-state index in [1.807, 2.05) is 30.3 Å². The summed E-state index contributed by atoms with van der Waals surface area (Å²) in [6.07, 6.45) is 4.98. The maximum Gasteiger partial charge on any atom is 0.163 e. The lowest BCUT2D eigenvalue weighted by Gasteiger charge is -2.19. The Morgan fingerprint density at radius 1 is 1.27 bits per heavy atom. The van der Waals surface area contributed by atoms with E-state index in [4.69, 9.17) is 0 Å². The summed E-state index contributed by atoms with van der Waals surface area (Å²) in [5, 5.41) is 0. The molecule has 0 aromatic heterocycles. The fraction of sp³-hybridized carbons (Fsp3) is 0.357. The highest BCUT2D eigenvalue weighted by Crippen LogP contribution is 2.28. The predicted molar refractivity (Wildman–Crippen MR) is 62.4 cm³/mol. The minimum Gasteiger partial charge on any atom is -0.294 e. The van der Waals surface area contributed by atoms with Crippen molar-refractivity contribution in [1.82, 2.24) is 0 Å². The summed E-state index contributed by atoms with van der Waals surface area (Å²) >= 11 is 0. The zero-order valence-electron chi connectivity index (χ0n) is 9.07. The lowest BCUT2D eigenvalue weighted by molar-refractivity contribution is -0.114. The number of rotatable bonds is 2. The van der Waals surface area contributed by atoms with E-state index in [1.165, 1.54) is 0 Å². The molecule has 0 heterocycles. The summed E-state index contributed by atoms with van der Waals surface area (Å²) < 4.78 is 0. The number of carbonyl (C=O) groups is 1. The topological polar surface area (TPSA) is 17.1 Å². The Morgan fingerprint density at radius 3 is 2.60 bits per heavy atom. The number of ketones is 1. The first-order chi connectivity index (χ1) is 7.31. The number of hydrogen-bond acceptors (Lipinski definition) is 1. The largest absolute Gasteiger partial charge is 0.294 e. The van der Waals surface area contributed by atoms with Gasteiger partial charge in [-0.2, -0.15) is 0 Å². The Hall–Kier alpha value is -1.37. The number of allylic oxidation sites excluding steroid dienone is 2. The van der Waals surface area contributed by atoms with Gasteiger partial charge in [-0.1, -0.05) is 49.8 Å². The average molecular weight is 200 g/mol. The van der Waals surface area contributed by atoms with Gasteiger partial charge >= 0.3 is 0 Å². The molecule has 0 bridgehead atoms. The molecule has 1 heteroatoms. The summed E-state index contributed by atoms with van der Waals surface area (Å²) in [7, 11) is 0. The van der Waals surface area contributed by atoms with Gasteiger partial charge in [0.15, 0.2) is 5.78 Å². The molecular weight excluding hydrogens is 184 g/mol. The smallest absolute Gasteiger partial charge is 0.163 e. The number of benzene rings is 1. The zero-order chi connectivity index (χ0) is 10.7. The third-order valence-corrected chi connectivity index (χ3v) is 3.09. The highest BCUT2D eigenvalue weighted by molar-refractivity contribution is 6.21. The van der Waals surface area contributed by atoms with Crippen molar-refractivity contribution in [2.45, 2.75) is 26.2 Å². The molecule has 0 aliphatic heterocycles. The highest BCUT2D eigenvalue weighted by atomic mass is 16.1. The first kappa shape index (κ1) is 10.2. The summed E-state index contributed by atoms with van der Waals surface area (Å²) in [4.78, 5) is 11.9. The van der Waals surface area contributed by atoms with E-state index in [9.17, 15) is 4.79 Å². The second-order valence-corrected chi connectivity index (χ2v) is 4.12. The van der Waals surface area contributed by atoms with Crippen LogP contribution in [0.15, 0.2) is 36.4 Å². The van der Waals surface area contributed by atoms with Crippen molar-refractivity contribution in [2.24, 2.45) is 5.92 Å². The van der Waals surface area contributed by atoms with Gasteiger partial charge in [-0.3, -0.25) is 4.79 Å². The predicted octanol–water partition coefficient (Wildman–Crippen LogP) is 3.46. The second-order valence-electron chi connectivity index (χ2n) is 4.12. The molecule has 15 heavy (non-hydrogen) atoms. The fourth-order valence-corrected chi connectivity index (χ4v) is 2.06. The van der Waals surface area contributed by atoms with E-state index < -0.39 is 0 Å². The van der Waals surface area contributed by atoms with E-state index in [0.29, 0.717) is 11.7 Å². The molecule has 1 aliphatic carbocycles. The second kappa shape index (κ2) is 4.43. The van der Waals surface area contributed by atoms with Crippen molar-refractivity contribution in [2.75, 3.05) is 0 Å². The molecule has 1 aromatic rings. The van der Waals surface area contributed by atoms with Crippen LogP contribution in [0.2, 0.25) is 0 Å². The van der Waals surface area contributed by atoms with Crippen LogP contribution >= 0.6 is 0 Å². The van der Waals surface area contributed by atoms with Gasteiger partial charge in [0, 0.05) is 12.0 Å². The lowest BCUT2D eigenvalue weighted by Crippen LogP contribution is -2.14. The molecule has 1 nitrogen and oxygen atoms in total. The standard InChI is InChI=1S/C14H16O/c1-2-11-8-9-13(14(15)10-11)12-6-4-3-5-7-12/h3-7,9,11H,2,8,10H2,1H3/t11-/m1/s1. The van der Waals surface area contributed by atoms with Gasteiger partial charge in [0.05, 0.1) is 0 Å². The van der Waals surface area contributed by atoms with Crippen LogP contribution < -0.4 is 0 Å². The van der Waals surface area contributed by atoms with Crippen molar-refractivity contribution in [3.63, 3.8) is 0 Å². The molecule has 0 N–H and O–H groups in total. The Labute approximate surface area is 90.8 Å². The van der Waals surface area contributed by atoms with Gasteiger partial charge in [-0.25, -0.2) is 0 Å². The van der Waals surface area contributed by atoms with Gasteiger partial charge < -0.3 is 0 Å². The average Bonchev–Trinajstić information content (AvgIpc) is 2.30. The van der Waals surface area contributed by atoms with Crippen LogP contribution in [0.5, 0.6) is 0 Å². The van der Waals surface area contributed by atoms with Crippen LogP contribution in [0.25, 0.3) is 5.57 Å². The van der Waals surface area contributed by atoms with E-state index in [-0.39, 0.29) is 0 Å². The van der Waals surface area contributed by atoms with Crippen LogP contribution in [-0.4, -0.2) is 5.78 Å². The normalized spacial score (nSPS) is 21.3. The van der Waals surface area contributed by atoms with Gasteiger partial charge in [-0.05, 0) is 17.9 Å². The first-order valence-electron chi connectivity index (χ1n) is 5.60. The number of Topliss-reactive ketones (excluding diaryl/α,β-unsaturated/α-hetero) is 1. The molecule has 0 saturated carbocycles. The molecule has 78 valence electrons. The van der Waals surface area contributed by atoms with E-state index in [1.54, 1.807) is 0 Å². The highest BCUT2D eigenvalue weighted by Gasteiger charge is 2.21. The summed E-state index contributed by atoms with van der Waals surface area (Å²) in [6.45, 7) is 2.15.